The highest BCUT2D eigenvalue weighted by molar-refractivity contribution is 5.74. The lowest BCUT2D eigenvalue weighted by Gasteiger charge is -2.22. The molecule has 1 aliphatic rings. The van der Waals surface area contributed by atoms with Crippen LogP contribution >= 0.6 is 0 Å². The number of ether oxygens (including phenoxy) is 1. The average Bonchev–Trinajstić information content (AvgIpc) is 2.55. The van der Waals surface area contributed by atoms with Gasteiger partial charge in [-0.05, 0) is 29.3 Å². The maximum atomic E-state index is 12.1. The summed E-state index contributed by atoms with van der Waals surface area (Å²) in [5, 5.41) is 10.6. The fraction of sp³-hybridized carbons (Fsp3) is 0.0625. The second kappa shape index (κ2) is 5.69. The minimum atomic E-state index is -0.528. The number of carbonyl (C=O) groups is 1. The maximum absolute atomic E-state index is 12.1. The summed E-state index contributed by atoms with van der Waals surface area (Å²) in [5.74, 6) is 0.267. The number of nitro groups is 1. The molecule has 1 heterocycles. The van der Waals surface area contributed by atoms with Gasteiger partial charge in [-0.2, -0.15) is 0 Å². The number of fused-ring (bicyclic) bond motifs is 1. The fourth-order valence-corrected chi connectivity index (χ4v) is 2.17. The van der Waals surface area contributed by atoms with Gasteiger partial charge in [0, 0.05) is 18.3 Å². The van der Waals surface area contributed by atoms with Gasteiger partial charge in [-0.15, -0.1) is 0 Å². The number of benzene rings is 2. The van der Waals surface area contributed by atoms with E-state index in [4.69, 9.17) is 4.74 Å². The smallest absolute Gasteiger partial charge is 0.410 e. The number of non-ortho nitro benzene ring substituents is 1. The van der Waals surface area contributed by atoms with E-state index in [1.165, 1.54) is 29.2 Å². The SMILES string of the molecule is O=C(Oc1ccc([N+](=O)[O-])cc1)N1C=Cc2ccccc2C1. The quantitative estimate of drug-likeness (QED) is 0.627. The Morgan fingerprint density at radius 1 is 1.14 bits per heavy atom. The van der Waals surface area contributed by atoms with E-state index in [1.807, 2.05) is 30.3 Å². The predicted molar refractivity (Wildman–Crippen MR) is 80.1 cm³/mol. The molecule has 1 aliphatic heterocycles. The summed E-state index contributed by atoms with van der Waals surface area (Å²) in [6.07, 6.45) is 2.98. The lowest BCUT2D eigenvalue weighted by atomic mass is 10.1. The van der Waals surface area contributed by atoms with Crippen molar-refractivity contribution in [2.45, 2.75) is 6.54 Å². The fourth-order valence-electron chi connectivity index (χ4n) is 2.17. The first kappa shape index (κ1) is 13.8. The van der Waals surface area contributed by atoms with Crippen LogP contribution in [0, 0.1) is 10.1 Å². The normalized spacial score (nSPS) is 12.6. The summed E-state index contributed by atoms with van der Waals surface area (Å²) < 4.78 is 5.22. The third-order valence-corrected chi connectivity index (χ3v) is 3.32. The molecule has 0 unspecified atom stereocenters. The second-order valence-electron chi connectivity index (χ2n) is 4.76. The number of hydrogen-bond donors (Lipinski definition) is 0. The van der Waals surface area contributed by atoms with Crippen molar-refractivity contribution in [3.8, 4) is 5.75 Å². The van der Waals surface area contributed by atoms with Crippen molar-refractivity contribution in [1.29, 1.82) is 0 Å². The van der Waals surface area contributed by atoms with Crippen molar-refractivity contribution >= 4 is 17.9 Å². The highest BCUT2D eigenvalue weighted by atomic mass is 16.6. The minimum absolute atomic E-state index is 0.0494. The number of amides is 1. The molecule has 6 heteroatoms. The van der Waals surface area contributed by atoms with Crippen molar-refractivity contribution in [1.82, 2.24) is 4.90 Å². The zero-order valence-corrected chi connectivity index (χ0v) is 11.5. The Labute approximate surface area is 126 Å². The molecule has 3 rings (SSSR count). The molecule has 0 radical (unpaired) electrons. The van der Waals surface area contributed by atoms with Crippen LogP contribution in [0.4, 0.5) is 10.5 Å². The zero-order chi connectivity index (χ0) is 15.5. The van der Waals surface area contributed by atoms with Crippen LogP contribution in [-0.2, 0) is 6.54 Å². The molecule has 0 fully saturated rings. The largest absolute Gasteiger partial charge is 0.419 e. The monoisotopic (exact) mass is 296 g/mol. The van der Waals surface area contributed by atoms with Gasteiger partial charge in [0.2, 0.25) is 0 Å². The molecule has 22 heavy (non-hydrogen) atoms. The summed E-state index contributed by atoms with van der Waals surface area (Å²) in [6, 6.07) is 13.2. The van der Waals surface area contributed by atoms with E-state index in [9.17, 15) is 14.9 Å². The maximum Gasteiger partial charge on any atom is 0.419 e. The van der Waals surface area contributed by atoms with Crippen molar-refractivity contribution in [3.63, 3.8) is 0 Å². The Morgan fingerprint density at radius 2 is 1.86 bits per heavy atom. The van der Waals surface area contributed by atoms with Gasteiger partial charge >= 0.3 is 6.09 Å². The number of hydrogen-bond acceptors (Lipinski definition) is 4. The predicted octanol–water partition coefficient (Wildman–Crippen LogP) is 3.58. The van der Waals surface area contributed by atoms with Crippen LogP contribution in [0.25, 0.3) is 6.08 Å². The lowest BCUT2D eigenvalue weighted by molar-refractivity contribution is -0.384. The molecule has 6 nitrogen and oxygen atoms in total. The summed E-state index contributed by atoms with van der Waals surface area (Å²) in [6.45, 7) is 0.429. The molecule has 0 atom stereocenters. The molecule has 0 aliphatic carbocycles. The molecule has 1 amide bonds. The van der Waals surface area contributed by atoms with Crippen LogP contribution in [-0.4, -0.2) is 15.9 Å². The van der Waals surface area contributed by atoms with Gasteiger partial charge in [0.25, 0.3) is 5.69 Å². The third-order valence-electron chi connectivity index (χ3n) is 3.32. The molecule has 2 aromatic rings. The van der Waals surface area contributed by atoms with Gasteiger partial charge in [-0.1, -0.05) is 24.3 Å². The van der Waals surface area contributed by atoms with Crippen molar-refractivity contribution in [2.75, 3.05) is 0 Å². The first-order valence-corrected chi connectivity index (χ1v) is 6.62. The topological polar surface area (TPSA) is 72.7 Å². The first-order valence-electron chi connectivity index (χ1n) is 6.62. The molecule has 0 saturated heterocycles. The van der Waals surface area contributed by atoms with E-state index >= 15 is 0 Å². The van der Waals surface area contributed by atoms with Crippen molar-refractivity contribution in [3.05, 3.63) is 76.0 Å². The summed E-state index contributed by atoms with van der Waals surface area (Å²) in [7, 11) is 0. The molecule has 0 saturated carbocycles. The summed E-state index contributed by atoms with van der Waals surface area (Å²) in [4.78, 5) is 23.6. The van der Waals surface area contributed by atoms with Gasteiger partial charge in [0.05, 0.1) is 11.5 Å². The molecule has 0 bridgehead atoms. The van der Waals surface area contributed by atoms with Gasteiger partial charge in [0.1, 0.15) is 5.75 Å². The van der Waals surface area contributed by atoms with E-state index in [2.05, 4.69) is 0 Å². The molecule has 110 valence electrons. The summed E-state index contributed by atoms with van der Waals surface area (Å²) >= 11 is 0. The molecule has 2 aromatic carbocycles. The van der Waals surface area contributed by atoms with Crippen LogP contribution < -0.4 is 4.74 Å². The molecule has 0 spiro atoms. The Hall–Kier alpha value is -3.15. The number of nitro benzene ring substituents is 1. The Balaban J connectivity index is 1.69. The zero-order valence-electron chi connectivity index (χ0n) is 11.5. The van der Waals surface area contributed by atoms with Gasteiger partial charge in [0.15, 0.2) is 0 Å². The molecule has 0 N–H and O–H groups in total. The second-order valence-corrected chi connectivity index (χ2v) is 4.76. The minimum Gasteiger partial charge on any atom is -0.410 e. The lowest BCUT2D eigenvalue weighted by Crippen LogP contribution is -2.30. The van der Waals surface area contributed by atoms with Crippen molar-refractivity contribution in [2.24, 2.45) is 0 Å². The van der Waals surface area contributed by atoms with Crippen LogP contribution in [0.3, 0.4) is 0 Å². The number of carbonyl (C=O) groups excluding carboxylic acids is 1. The highest BCUT2D eigenvalue weighted by Gasteiger charge is 2.18. The van der Waals surface area contributed by atoms with Crippen molar-refractivity contribution < 1.29 is 14.5 Å². The van der Waals surface area contributed by atoms with E-state index in [-0.39, 0.29) is 11.4 Å². The van der Waals surface area contributed by atoms with E-state index in [0.717, 1.165) is 11.1 Å². The number of rotatable bonds is 2. The van der Waals surface area contributed by atoms with E-state index in [1.54, 1.807) is 6.20 Å². The average molecular weight is 296 g/mol. The Morgan fingerprint density at radius 3 is 2.59 bits per heavy atom. The molecule has 0 aromatic heterocycles. The van der Waals surface area contributed by atoms with Crippen LogP contribution in [0.2, 0.25) is 0 Å². The number of nitrogens with zero attached hydrogens (tertiary/aromatic N) is 2. The Bertz CT molecular complexity index is 753. The van der Waals surface area contributed by atoms with E-state index < -0.39 is 11.0 Å². The van der Waals surface area contributed by atoms with Gasteiger partial charge in [-0.25, -0.2) is 4.79 Å². The standard InChI is InChI=1S/C16H12N2O4/c19-16(22-15-7-5-14(6-8-15)18(20)21)17-10-9-12-3-1-2-4-13(12)11-17/h1-10H,11H2. The first-order chi connectivity index (χ1) is 10.6. The Kier molecular flexibility index (Phi) is 3.57. The third kappa shape index (κ3) is 2.80. The van der Waals surface area contributed by atoms with Gasteiger partial charge in [-0.3, -0.25) is 15.0 Å². The van der Waals surface area contributed by atoms with Gasteiger partial charge < -0.3 is 4.74 Å². The highest BCUT2D eigenvalue weighted by Crippen LogP contribution is 2.22. The van der Waals surface area contributed by atoms with E-state index in [0.29, 0.717) is 6.54 Å². The molecular weight excluding hydrogens is 284 g/mol. The summed E-state index contributed by atoms with van der Waals surface area (Å²) in [5.41, 5.74) is 2.05. The van der Waals surface area contributed by atoms with Crippen LogP contribution in [0.1, 0.15) is 11.1 Å². The molecular formula is C16H12N2O4. The van der Waals surface area contributed by atoms with Crippen LogP contribution in [0.15, 0.2) is 54.7 Å². The van der Waals surface area contributed by atoms with Crippen LogP contribution in [0.5, 0.6) is 5.75 Å².